The van der Waals surface area contributed by atoms with Gasteiger partial charge < -0.3 is 10.2 Å². The second-order valence-electron chi connectivity index (χ2n) is 7.44. The monoisotopic (exact) mass is 477 g/mol. The van der Waals surface area contributed by atoms with E-state index < -0.39 is 14.6 Å². The molecule has 1 aromatic rings. The standard InChI is InChI=1S/C18H27N3O2S.HI/c1-18(2)13-21(9-10-24(18,22)23)17(19-3)20-12-15-11-16(15)14-7-5-4-6-8-14;/h4-8,15-16H,9-13H2,1-3H3,(H,19,20);1H. The van der Waals surface area contributed by atoms with Crippen LogP contribution < -0.4 is 5.32 Å². The molecule has 2 atom stereocenters. The van der Waals surface area contributed by atoms with E-state index in [0.29, 0.717) is 24.9 Å². The molecule has 0 amide bonds. The normalized spacial score (nSPS) is 27.3. The number of benzene rings is 1. The number of hydrogen-bond donors (Lipinski definition) is 1. The average Bonchev–Trinajstić information content (AvgIpc) is 3.32. The van der Waals surface area contributed by atoms with Crippen LogP contribution in [0.25, 0.3) is 0 Å². The Labute approximate surface area is 168 Å². The molecule has 1 saturated carbocycles. The van der Waals surface area contributed by atoms with Crippen LogP contribution in [0, 0.1) is 5.92 Å². The summed E-state index contributed by atoms with van der Waals surface area (Å²) in [7, 11) is -1.26. The lowest BCUT2D eigenvalue weighted by atomic mass is 10.1. The largest absolute Gasteiger partial charge is 0.356 e. The van der Waals surface area contributed by atoms with E-state index in [2.05, 4.69) is 39.5 Å². The number of rotatable bonds is 3. The lowest BCUT2D eigenvalue weighted by Crippen LogP contribution is -2.57. The van der Waals surface area contributed by atoms with Gasteiger partial charge in [0.05, 0.1) is 10.5 Å². The van der Waals surface area contributed by atoms with Gasteiger partial charge in [0.2, 0.25) is 0 Å². The van der Waals surface area contributed by atoms with Crippen LogP contribution in [0.3, 0.4) is 0 Å². The molecule has 2 unspecified atom stereocenters. The minimum atomic E-state index is -3.02. The third kappa shape index (κ3) is 4.48. The molecule has 1 aliphatic carbocycles. The Hall–Kier alpha value is -0.830. The van der Waals surface area contributed by atoms with Gasteiger partial charge in [0.1, 0.15) is 0 Å². The molecule has 2 aliphatic rings. The van der Waals surface area contributed by atoms with Crippen LogP contribution in [-0.2, 0) is 9.84 Å². The number of aliphatic imine (C=N–C) groups is 1. The molecule has 3 rings (SSSR count). The van der Waals surface area contributed by atoms with E-state index in [4.69, 9.17) is 0 Å². The van der Waals surface area contributed by atoms with Gasteiger partial charge in [0.25, 0.3) is 0 Å². The van der Waals surface area contributed by atoms with Crippen molar-refractivity contribution in [1.82, 2.24) is 10.2 Å². The molecule has 2 fully saturated rings. The van der Waals surface area contributed by atoms with Crippen molar-refractivity contribution < 1.29 is 8.42 Å². The summed E-state index contributed by atoms with van der Waals surface area (Å²) in [5, 5.41) is 3.45. The zero-order valence-corrected chi connectivity index (χ0v) is 18.3. The first-order chi connectivity index (χ1) is 11.3. The van der Waals surface area contributed by atoms with E-state index in [9.17, 15) is 8.42 Å². The molecule has 5 nitrogen and oxygen atoms in total. The zero-order valence-electron chi connectivity index (χ0n) is 15.1. The van der Waals surface area contributed by atoms with Crippen LogP contribution in [0.15, 0.2) is 35.3 Å². The van der Waals surface area contributed by atoms with E-state index in [1.807, 2.05) is 6.07 Å². The van der Waals surface area contributed by atoms with Crippen LogP contribution >= 0.6 is 24.0 Å². The maximum absolute atomic E-state index is 12.1. The van der Waals surface area contributed by atoms with Gasteiger partial charge in [-0.3, -0.25) is 4.99 Å². The molecule has 1 saturated heterocycles. The fourth-order valence-corrected chi connectivity index (χ4v) is 4.83. The molecule has 1 aliphatic heterocycles. The summed E-state index contributed by atoms with van der Waals surface area (Å²) in [4.78, 5) is 6.43. The van der Waals surface area contributed by atoms with Gasteiger partial charge >= 0.3 is 0 Å². The van der Waals surface area contributed by atoms with Crippen molar-refractivity contribution >= 4 is 39.8 Å². The Balaban J connectivity index is 0.00000225. The van der Waals surface area contributed by atoms with Crippen LogP contribution in [-0.4, -0.2) is 56.5 Å². The molecule has 0 radical (unpaired) electrons. The third-order valence-electron chi connectivity index (χ3n) is 5.23. The fourth-order valence-electron chi connectivity index (χ4n) is 3.46. The van der Waals surface area contributed by atoms with Gasteiger partial charge in [-0.25, -0.2) is 8.42 Å². The van der Waals surface area contributed by atoms with Gasteiger partial charge in [-0.15, -0.1) is 24.0 Å². The van der Waals surface area contributed by atoms with Crippen LogP contribution in [0.1, 0.15) is 31.7 Å². The molecule has 0 spiro atoms. The second-order valence-corrected chi connectivity index (χ2v) is 10.2. The van der Waals surface area contributed by atoms with Crippen molar-refractivity contribution in [3.8, 4) is 0 Å². The van der Waals surface area contributed by atoms with E-state index in [0.717, 1.165) is 12.5 Å². The quantitative estimate of drug-likeness (QED) is 0.413. The molecule has 1 aromatic carbocycles. The maximum Gasteiger partial charge on any atom is 0.193 e. The first kappa shape index (κ1) is 20.5. The predicted molar refractivity (Wildman–Crippen MR) is 114 cm³/mol. The molecule has 0 aromatic heterocycles. The Morgan fingerprint density at radius 2 is 2.00 bits per heavy atom. The molecule has 25 heavy (non-hydrogen) atoms. The molecule has 140 valence electrons. The Kier molecular flexibility index (Phi) is 6.40. The molecule has 7 heteroatoms. The number of guanidine groups is 1. The summed E-state index contributed by atoms with van der Waals surface area (Å²) in [6, 6.07) is 10.6. The lowest BCUT2D eigenvalue weighted by molar-refractivity contribution is 0.353. The van der Waals surface area contributed by atoms with E-state index in [1.165, 1.54) is 12.0 Å². The van der Waals surface area contributed by atoms with Crippen LogP contribution in [0.2, 0.25) is 0 Å². The maximum atomic E-state index is 12.1. The first-order valence-corrected chi connectivity index (χ1v) is 10.2. The van der Waals surface area contributed by atoms with E-state index in [-0.39, 0.29) is 29.7 Å². The topological polar surface area (TPSA) is 61.8 Å². The van der Waals surface area contributed by atoms with Gasteiger partial charge in [-0.2, -0.15) is 0 Å². The summed E-state index contributed by atoms with van der Waals surface area (Å²) in [6.45, 7) is 5.48. The minimum Gasteiger partial charge on any atom is -0.356 e. The summed E-state index contributed by atoms with van der Waals surface area (Å²) in [6.07, 6.45) is 1.20. The number of halogens is 1. The average molecular weight is 477 g/mol. The second kappa shape index (κ2) is 7.82. The van der Waals surface area contributed by atoms with Crippen LogP contribution in [0.5, 0.6) is 0 Å². The van der Waals surface area contributed by atoms with Crippen molar-refractivity contribution in [2.45, 2.75) is 30.9 Å². The lowest BCUT2D eigenvalue weighted by Gasteiger charge is -2.39. The Morgan fingerprint density at radius 1 is 1.32 bits per heavy atom. The van der Waals surface area contributed by atoms with Crippen molar-refractivity contribution in [1.29, 1.82) is 0 Å². The number of sulfone groups is 1. The molecular weight excluding hydrogens is 449 g/mol. The SMILES string of the molecule is CN=C(NCC1CC1c1ccccc1)N1CCS(=O)(=O)C(C)(C)C1.I. The van der Waals surface area contributed by atoms with Crippen molar-refractivity contribution in [2.75, 3.05) is 32.4 Å². The first-order valence-electron chi connectivity index (χ1n) is 8.57. The highest BCUT2D eigenvalue weighted by atomic mass is 127. The Bertz CT molecular complexity index is 719. The van der Waals surface area contributed by atoms with E-state index in [1.54, 1.807) is 20.9 Å². The minimum absolute atomic E-state index is 0. The van der Waals surface area contributed by atoms with Crippen molar-refractivity contribution in [2.24, 2.45) is 10.9 Å². The van der Waals surface area contributed by atoms with Gasteiger partial charge in [-0.1, -0.05) is 30.3 Å². The number of nitrogens with one attached hydrogen (secondary N) is 1. The summed E-state index contributed by atoms with van der Waals surface area (Å²) in [5.41, 5.74) is 1.41. The van der Waals surface area contributed by atoms with Gasteiger partial charge in [-0.05, 0) is 37.7 Å². The molecule has 0 bridgehead atoms. The van der Waals surface area contributed by atoms with Crippen molar-refractivity contribution in [3.63, 3.8) is 0 Å². The highest BCUT2D eigenvalue weighted by Gasteiger charge is 2.42. The fraction of sp³-hybridized carbons (Fsp3) is 0.611. The number of nitrogens with zero attached hydrogens (tertiary/aromatic N) is 2. The summed E-state index contributed by atoms with van der Waals surface area (Å²) < 4.78 is 23.6. The van der Waals surface area contributed by atoms with Gasteiger partial charge in [0.15, 0.2) is 15.8 Å². The van der Waals surface area contributed by atoms with Crippen molar-refractivity contribution in [3.05, 3.63) is 35.9 Å². The summed E-state index contributed by atoms with van der Waals surface area (Å²) >= 11 is 0. The van der Waals surface area contributed by atoms with E-state index >= 15 is 0 Å². The Morgan fingerprint density at radius 3 is 2.60 bits per heavy atom. The zero-order chi connectivity index (χ0) is 17.4. The number of hydrogen-bond acceptors (Lipinski definition) is 3. The van der Waals surface area contributed by atoms with Crippen LogP contribution in [0.4, 0.5) is 0 Å². The molecule has 1 N–H and O–H groups in total. The molecule has 1 heterocycles. The highest BCUT2D eigenvalue weighted by Crippen LogP contribution is 2.46. The predicted octanol–water partition coefficient (Wildman–Crippen LogP) is 2.49. The summed E-state index contributed by atoms with van der Waals surface area (Å²) in [5.74, 6) is 2.27. The van der Waals surface area contributed by atoms with Gasteiger partial charge in [0, 0.05) is 26.7 Å². The highest BCUT2D eigenvalue weighted by molar-refractivity contribution is 14.0. The smallest absolute Gasteiger partial charge is 0.193 e. The molecular formula is C18H28IN3O2S. The third-order valence-corrected chi connectivity index (χ3v) is 7.76.